The van der Waals surface area contributed by atoms with Crippen molar-refractivity contribution >= 4 is 5.91 Å². The molecule has 4 heteroatoms. The molecule has 0 radical (unpaired) electrons. The number of hydrogen-bond donors (Lipinski definition) is 1. The molecule has 0 aliphatic rings. The van der Waals surface area contributed by atoms with E-state index in [-0.39, 0.29) is 11.9 Å². The van der Waals surface area contributed by atoms with Crippen molar-refractivity contribution in [1.29, 1.82) is 0 Å². The Bertz CT molecular complexity index is 584. The number of nitrogens with zero attached hydrogens (tertiary/aromatic N) is 1. The minimum absolute atomic E-state index is 0.0130. The van der Waals surface area contributed by atoms with Gasteiger partial charge in [-0.2, -0.15) is 0 Å². The Kier molecular flexibility index (Phi) is 5.32. The third kappa shape index (κ3) is 4.31. The number of ether oxygens (including phenoxy) is 1. The molecule has 0 bridgehead atoms. The van der Waals surface area contributed by atoms with Crippen LogP contribution >= 0.6 is 0 Å². The van der Waals surface area contributed by atoms with Gasteiger partial charge in [-0.1, -0.05) is 24.3 Å². The van der Waals surface area contributed by atoms with Crippen LogP contribution in [0.15, 0.2) is 48.7 Å². The molecule has 110 valence electrons. The smallest absolute Gasteiger partial charge is 0.220 e. The van der Waals surface area contributed by atoms with Crippen molar-refractivity contribution in [3.05, 3.63) is 59.9 Å². The second kappa shape index (κ2) is 7.43. The summed E-state index contributed by atoms with van der Waals surface area (Å²) in [5, 5.41) is 2.96. The van der Waals surface area contributed by atoms with Crippen molar-refractivity contribution in [3.63, 3.8) is 0 Å². The van der Waals surface area contributed by atoms with E-state index in [1.54, 1.807) is 13.3 Å². The lowest BCUT2D eigenvalue weighted by Crippen LogP contribution is -2.27. The minimum atomic E-state index is -0.0867. The summed E-state index contributed by atoms with van der Waals surface area (Å²) in [4.78, 5) is 16.3. The van der Waals surface area contributed by atoms with Crippen LogP contribution in [0.1, 0.15) is 30.6 Å². The molecule has 0 saturated heterocycles. The van der Waals surface area contributed by atoms with Gasteiger partial charge in [-0.15, -0.1) is 0 Å². The molecule has 1 aromatic carbocycles. The fourth-order valence-electron chi connectivity index (χ4n) is 2.18. The van der Waals surface area contributed by atoms with Crippen LogP contribution in [-0.2, 0) is 11.2 Å². The first-order valence-corrected chi connectivity index (χ1v) is 7.03. The molecule has 0 saturated carbocycles. The van der Waals surface area contributed by atoms with Gasteiger partial charge in [0.25, 0.3) is 0 Å². The monoisotopic (exact) mass is 284 g/mol. The van der Waals surface area contributed by atoms with E-state index < -0.39 is 0 Å². The van der Waals surface area contributed by atoms with Crippen LogP contribution in [0.2, 0.25) is 0 Å². The van der Waals surface area contributed by atoms with Gasteiger partial charge in [0.2, 0.25) is 5.91 Å². The van der Waals surface area contributed by atoms with E-state index in [4.69, 9.17) is 4.74 Å². The van der Waals surface area contributed by atoms with Crippen LogP contribution in [0, 0.1) is 0 Å². The summed E-state index contributed by atoms with van der Waals surface area (Å²) >= 11 is 0. The Labute approximate surface area is 125 Å². The van der Waals surface area contributed by atoms with Crippen molar-refractivity contribution in [3.8, 4) is 5.75 Å². The summed E-state index contributed by atoms with van der Waals surface area (Å²) in [7, 11) is 1.64. The Balaban J connectivity index is 1.88. The van der Waals surface area contributed by atoms with Crippen molar-refractivity contribution in [1.82, 2.24) is 10.3 Å². The Hall–Kier alpha value is -2.36. The zero-order valence-electron chi connectivity index (χ0n) is 12.4. The van der Waals surface area contributed by atoms with Gasteiger partial charge in [0, 0.05) is 12.6 Å². The number of rotatable bonds is 6. The molecule has 1 N–H and O–H groups in total. The predicted octanol–water partition coefficient (Wildman–Crippen LogP) is 2.90. The van der Waals surface area contributed by atoms with E-state index in [2.05, 4.69) is 10.3 Å². The number of pyridine rings is 1. The van der Waals surface area contributed by atoms with Crippen LogP contribution in [0.4, 0.5) is 0 Å². The van der Waals surface area contributed by atoms with Crippen LogP contribution < -0.4 is 10.1 Å². The molecule has 0 fully saturated rings. The summed E-state index contributed by atoms with van der Waals surface area (Å²) < 4.78 is 5.29. The minimum Gasteiger partial charge on any atom is -0.496 e. The summed E-state index contributed by atoms with van der Waals surface area (Å²) in [5.41, 5.74) is 1.91. The lowest BCUT2D eigenvalue weighted by molar-refractivity contribution is -0.121. The molecule has 1 aromatic heterocycles. The van der Waals surface area contributed by atoms with Crippen LogP contribution in [-0.4, -0.2) is 18.0 Å². The molecular formula is C17H20N2O2. The maximum absolute atomic E-state index is 12.0. The lowest BCUT2D eigenvalue weighted by Gasteiger charge is -2.13. The Morgan fingerprint density at radius 2 is 2.00 bits per heavy atom. The number of nitrogens with one attached hydrogen (secondary N) is 1. The van der Waals surface area contributed by atoms with E-state index in [1.165, 1.54) is 0 Å². The number of benzene rings is 1. The maximum Gasteiger partial charge on any atom is 0.220 e. The van der Waals surface area contributed by atoms with E-state index in [1.807, 2.05) is 49.4 Å². The quantitative estimate of drug-likeness (QED) is 0.887. The van der Waals surface area contributed by atoms with Crippen molar-refractivity contribution in [2.45, 2.75) is 25.8 Å². The third-order valence-corrected chi connectivity index (χ3v) is 3.32. The number of methoxy groups -OCH3 is 1. The zero-order valence-corrected chi connectivity index (χ0v) is 12.4. The molecule has 1 heterocycles. The van der Waals surface area contributed by atoms with Gasteiger partial charge in [0.15, 0.2) is 0 Å². The van der Waals surface area contributed by atoms with E-state index in [0.717, 1.165) is 17.0 Å². The van der Waals surface area contributed by atoms with Gasteiger partial charge in [-0.3, -0.25) is 9.78 Å². The SMILES string of the molecule is COc1ccccc1CCC(=O)NC(C)c1ccccn1. The number of para-hydroxylation sites is 1. The van der Waals surface area contributed by atoms with E-state index in [0.29, 0.717) is 12.8 Å². The molecule has 0 aliphatic heterocycles. The Morgan fingerprint density at radius 1 is 1.24 bits per heavy atom. The second-order valence-corrected chi connectivity index (χ2v) is 4.86. The molecular weight excluding hydrogens is 264 g/mol. The first kappa shape index (κ1) is 15.0. The number of aromatic nitrogens is 1. The fourth-order valence-corrected chi connectivity index (χ4v) is 2.18. The van der Waals surface area contributed by atoms with Crippen molar-refractivity contribution in [2.24, 2.45) is 0 Å². The number of hydrogen-bond acceptors (Lipinski definition) is 3. The molecule has 0 spiro atoms. The molecule has 4 nitrogen and oxygen atoms in total. The molecule has 1 atom stereocenters. The lowest BCUT2D eigenvalue weighted by atomic mass is 10.1. The van der Waals surface area contributed by atoms with Crippen LogP contribution in [0.5, 0.6) is 5.75 Å². The van der Waals surface area contributed by atoms with Gasteiger partial charge >= 0.3 is 0 Å². The molecule has 2 aromatic rings. The van der Waals surface area contributed by atoms with Crippen LogP contribution in [0.3, 0.4) is 0 Å². The number of carbonyl (C=O) groups is 1. The third-order valence-electron chi connectivity index (χ3n) is 3.32. The van der Waals surface area contributed by atoms with Gasteiger partial charge in [0.05, 0.1) is 18.8 Å². The zero-order chi connectivity index (χ0) is 15.1. The number of carbonyl (C=O) groups excluding carboxylic acids is 1. The number of amides is 1. The first-order chi connectivity index (χ1) is 10.2. The van der Waals surface area contributed by atoms with Crippen molar-refractivity contribution in [2.75, 3.05) is 7.11 Å². The average Bonchev–Trinajstić information content (AvgIpc) is 2.54. The van der Waals surface area contributed by atoms with E-state index >= 15 is 0 Å². The molecule has 1 amide bonds. The first-order valence-electron chi connectivity index (χ1n) is 7.03. The summed E-state index contributed by atoms with van der Waals surface area (Å²) in [6.45, 7) is 1.93. The summed E-state index contributed by atoms with van der Waals surface area (Å²) in [6, 6.07) is 13.4. The fraction of sp³-hybridized carbons (Fsp3) is 0.294. The molecule has 2 rings (SSSR count). The largest absolute Gasteiger partial charge is 0.496 e. The van der Waals surface area contributed by atoms with Crippen LogP contribution in [0.25, 0.3) is 0 Å². The topological polar surface area (TPSA) is 51.2 Å². The standard InChI is InChI=1S/C17H20N2O2/c1-13(15-8-5-6-12-18-15)19-17(20)11-10-14-7-3-4-9-16(14)21-2/h3-9,12-13H,10-11H2,1-2H3,(H,19,20). The summed E-state index contributed by atoms with van der Waals surface area (Å²) in [5.74, 6) is 0.835. The molecule has 21 heavy (non-hydrogen) atoms. The molecule has 1 unspecified atom stereocenters. The highest BCUT2D eigenvalue weighted by molar-refractivity contribution is 5.76. The van der Waals surface area contributed by atoms with Gasteiger partial charge in [0.1, 0.15) is 5.75 Å². The van der Waals surface area contributed by atoms with Gasteiger partial charge in [-0.05, 0) is 37.1 Å². The van der Waals surface area contributed by atoms with Crippen molar-refractivity contribution < 1.29 is 9.53 Å². The highest BCUT2D eigenvalue weighted by atomic mass is 16.5. The Morgan fingerprint density at radius 3 is 2.71 bits per heavy atom. The van der Waals surface area contributed by atoms with Gasteiger partial charge < -0.3 is 10.1 Å². The second-order valence-electron chi connectivity index (χ2n) is 4.86. The highest BCUT2D eigenvalue weighted by Gasteiger charge is 2.11. The van der Waals surface area contributed by atoms with Gasteiger partial charge in [-0.25, -0.2) is 0 Å². The molecule has 0 aliphatic carbocycles. The maximum atomic E-state index is 12.0. The number of aryl methyl sites for hydroxylation is 1. The average molecular weight is 284 g/mol. The van der Waals surface area contributed by atoms with E-state index in [9.17, 15) is 4.79 Å². The highest BCUT2D eigenvalue weighted by Crippen LogP contribution is 2.19. The predicted molar refractivity (Wildman–Crippen MR) is 82.1 cm³/mol. The normalized spacial score (nSPS) is 11.7. The summed E-state index contributed by atoms with van der Waals surface area (Å²) in [6.07, 6.45) is 2.81.